The van der Waals surface area contributed by atoms with Crippen molar-refractivity contribution in [2.75, 3.05) is 0 Å². The summed E-state index contributed by atoms with van der Waals surface area (Å²) < 4.78 is 5.48. The molecule has 0 saturated heterocycles. The summed E-state index contributed by atoms with van der Waals surface area (Å²) in [6, 6.07) is 29.0. The summed E-state index contributed by atoms with van der Waals surface area (Å²) in [5, 5.41) is 0. The van der Waals surface area contributed by atoms with Gasteiger partial charge in [0.05, 0.1) is 28.4 Å². The van der Waals surface area contributed by atoms with Crippen LogP contribution in [0.2, 0.25) is 0 Å². The third-order valence-corrected chi connectivity index (χ3v) is 7.91. The molecule has 0 unspecified atom stereocenters. The molecule has 4 nitrogen and oxygen atoms in total. The van der Waals surface area contributed by atoms with Crippen LogP contribution in [0, 0.1) is 0 Å². The number of aromatic amines is 1. The molecule has 6 rings (SSSR count). The van der Waals surface area contributed by atoms with Crippen LogP contribution in [0.4, 0.5) is 0 Å². The number of hydrogen-bond acceptors (Lipinski definition) is 2. The summed E-state index contributed by atoms with van der Waals surface area (Å²) >= 11 is 10.6. The third kappa shape index (κ3) is 8.40. The number of benzene rings is 4. The quantitative estimate of drug-likeness (QED) is 0.183. The van der Waals surface area contributed by atoms with E-state index >= 15 is 0 Å². The molecule has 2 heterocycles. The lowest BCUT2D eigenvalue weighted by atomic mass is 9.87. The van der Waals surface area contributed by atoms with Crippen molar-refractivity contribution >= 4 is 69.9 Å². The summed E-state index contributed by atoms with van der Waals surface area (Å²) in [5.41, 5.74) is 8.38. The highest BCUT2D eigenvalue weighted by atomic mass is 79.9. The summed E-state index contributed by atoms with van der Waals surface area (Å²) in [6.45, 7) is 13.3. The maximum atomic E-state index is 4.46. The SMILES string of the molecule is CC(C)(C)c1cc(Br)cc(-n2cnc3ccccc32)c1.CC(C)(C)c1cc(Br)cc(Br)c1.c1ccc2[nH]cnc2c1. The largest absolute Gasteiger partial charge is 0.345 e. The van der Waals surface area contributed by atoms with Crippen LogP contribution in [0.3, 0.4) is 0 Å². The highest BCUT2D eigenvalue weighted by Gasteiger charge is 2.16. The van der Waals surface area contributed by atoms with Crippen LogP contribution in [-0.2, 0) is 10.8 Å². The van der Waals surface area contributed by atoms with Crippen molar-refractivity contribution in [1.29, 1.82) is 0 Å². The molecule has 0 amide bonds. The van der Waals surface area contributed by atoms with E-state index in [1.54, 1.807) is 6.33 Å². The minimum absolute atomic E-state index is 0.120. The fourth-order valence-electron chi connectivity index (χ4n) is 4.18. The van der Waals surface area contributed by atoms with Crippen molar-refractivity contribution in [1.82, 2.24) is 19.5 Å². The third-order valence-electron chi connectivity index (χ3n) is 6.54. The van der Waals surface area contributed by atoms with E-state index in [2.05, 4.69) is 151 Å². The van der Waals surface area contributed by atoms with Gasteiger partial charge in [0, 0.05) is 19.1 Å². The van der Waals surface area contributed by atoms with Crippen LogP contribution in [0.25, 0.3) is 27.8 Å². The molecule has 2 aromatic heterocycles. The van der Waals surface area contributed by atoms with E-state index in [0.29, 0.717) is 0 Å². The van der Waals surface area contributed by atoms with Crippen molar-refractivity contribution in [2.45, 2.75) is 52.4 Å². The van der Waals surface area contributed by atoms with Gasteiger partial charge in [-0.15, -0.1) is 0 Å². The minimum atomic E-state index is 0.120. The van der Waals surface area contributed by atoms with Crippen LogP contribution in [0.1, 0.15) is 52.7 Å². The first-order valence-corrected chi connectivity index (χ1v) is 15.8. The molecule has 0 saturated carbocycles. The Balaban J connectivity index is 0.000000156. The van der Waals surface area contributed by atoms with Crippen molar-refractivity contribution < 1.29 is 0 Å². The van der Waals surface area contributed by atoms with E-state index < -0.39 is 0 Å². The maximum absolute atomic E-state index is 4.46. The Kier molecular flexibility index (Phi) is 9.93. The number of nitrogens with zero attached hydrogens (tertiary/aromatic N) is 3. The van der Waals surface area contributed by atoms with Crippen LogP contribution in [-0.4, -0.2) is 19.5 Å². The molecule has 0 aliphatic carbocycles. The molecule has 0 fully saturated rings. The van der Waals surface area contributed by atoms with E-state index in [4.69, 9.17) is 0 Å². The molecular formula is C34H35Br3N4. The second kappa shape index (κ2) is 13.1. The molecule has 7 heteroatoms. The number of nitrogens with one attached hydrogen (secondary N) is 1. The molecule has 0 atom stereocenters. The van der Waals surface area contributed by atoms with Gasteiger partial charge in [0.2, 0.25) is 0 Å². The number of fused-ring (bicyclic) bond motifs is 2. The van der Waals surface area contributed by atoms with Gasteiger partial charge in [0.25, 0.3) is 0 Å². The molecule has 4 aromatic carbocycles. The van der Waals surface area contributed by atoms with Crippen LogP contribution in [0.5, 0.6) is 0 Å². The first kappa shape index (κ1) is 31.2. The van der Waals surface area contributed by atoms with Gasteiger partial charge in [-0.2, -0.15) is 0 Å². The molecule has 6 aromatic rings. The number of aromatic nitrogens is 4. The lowest BCUT2D eigenvalue weighted by Gasteiger charge is -2.20. The highest BCUT2D eigenvalue weighted by Crippen LogP contribution is 2.30. The molecule has 0 aliphatic heterocycles. The number of halogens is 3. The molecule has 0 spiro atoms. The van der Waals surface area contributed by atoms with Gasteiger partial charge in [-0.3, -0.25) is 4.57 Å². The molecule has 1 N–H and O–H groups in total. The number of rotatable bonds is 1. The van der Waals surface area contributed by atoms with E-state index in [0.717, 1.165) is 41.2 Å². The minimum Gasteiger partial charge on any atom is -0.345 e. The molecular weight excluding hydrogens is 704 g/mol. The van der Waals surface area contributed by atoms with Gasteiger partial charge >= 0.3 is 0 Å². The van der Waals surface area contributed by atoms with Gasteiger partial charge in [-0.25, -0.2) is 9.97 Å². The van der Waals surface area contributed by atoms with Gasteiger partial charge < -0.3 is 4.98 Å². The fraction of sp³-hybridized carbons (Fsp3) is 0.235. The van der Waals surface area contributed by atoms with E-state index in [9.17, 15) is 0 Å². The number of H-pyrrole nitrogens is 1. The lowest BCUT2D eigenvalue weighted by molar-refractivity contribution is 0.589. The standard InChI is InChI=1S/C17H17BrN2.C10H12Br2.C7H6N2/c1-17(2,3)12-8-13(18)10-14(9-12)20-11-19-15-6-4-5-7-16(15)20;1-10(2,3)7-4-8(11)6-9(12)5-7;1-2-4-7-6(3-1)8-5-9-7/h4-11H,1-3H3;4-6H,1-3H3;1-5H,(H,8,9). The highest BCUT2D eigenvalue weighted by molar-refractivity contribution is 9.11. The lowest BCUT2D eigenvalue weighted by Crippen LogP contribution is -2.11. The summed E-state index contributed by atoms with van der Waals surface area (Å²) in [5.74, 6) is 0. The zero-order valence-electron chi connectivity index (χ0n) is 24.2. The Morgan fingerprint density at radius 2 is 1.15 bits per heavy atom. The van der Waals surface area contributed by atoms with Gasteiger partial charge in [0.15, 0.2) is 0 Å². The van der Waals surface area contributed by atoms with Gasteiger partial charge in [0.1, 0.15) is 6.33 Å². The second-order valence-corrected chi connectivity index (χ2v) is 14.6. The molecule has 41 heavy (non-hydrogen) atoms. The Morgan fingerprint density at radius 3 is 1.76 bits per heavy atom. The van der Waals surface area contributed by atoms with Crippen molar-refractivity contribution in [2.24, 2.45) is 0 Å². The molecule has 0 radical (unpaired) electrons. The number of imidazole rings is 2. The average Bonchev–Trinajstić information content (AvgIpc) is 3.55. The number of para-hydroxylation sites is 4. The molecule has 0 aliphatic rings. The first-order chi connectivity index (χ1) is 19.3. The van der Waals surface area contributed by atoms with Crippen molar-refractivity contribution in [3.8, 4) is 5.69 Å². The summed E-state index contributed by atoms with van der Waals surface area (Å²) in [6.07, 6.45) is 3.59. The average molecular weight is 739 g/mol. The topological polar surface area (TPSA) is 46.5 Å². The van der Waals surface area contributed by atoms with Gasteiger partial charge in [-0.1, -0.05) is 114 Å². The predicted octanol–water partition coefficient (Wildman–Crippen LogP) is 11.2. The summed E-state index contributed by atoms with van der Waals surface area (Å²) in [7, 11) is 0. The van der Waals surface area contributed by atoms with Crippen molar-refractivity contribution in [3.63, 3.8) is 0 Å². The smallest absolute Gasteiger partial charge is 0.100 e. The summed E-state index contributed by atoms with van der Waals surface area (Å²) in [4.78, 5) is 11.5. The number of hydrogen-bond donors (Lipinski definition) is 1. The second-order valence-electron chi connectivity index (χ2n) is 11.9. The Hall–Kier alpha value is -2.74. The monoisotopic (exact) mass is 736 g/mol. The van der Waals surface area contributed by atoms with Crippen LogP contribution < -0.4 is 0 Å². The Morgan fingerprint density at radius 1 is 0.610 bits per heavy atom. The fourth-order valence-corrected chi connectivity index (χ4v) is 5.95. The first-order valence-electron chi connectivity index (χ1n) is 13.4. The van der Waals surface area contributed by atoms with Gasteiger partial charge in [-0.05, 0) is 82.6 Å². The zero-order valence-corrected chi connectivity index (χ0v) is 29.0. The molecule has 0 bridgehead atoms. The zero-order chi connectivity index (χ0) is 29.8. The van der Waals surface area contributed by atoms with E-state index in [1.165, 1.54) is 11.1 Å². The van der Waals surface area contributed by atoms with Crippen LogP contribution in [0.15, 0.2) is 111 Å². The Labute approximate surface area is 268 Å². The van der Waals surface area contributed by atoms with Crippen LogP contribution >= 0.6 is 47.8 Å². The van der Waals surface area contributed by atoms with Crippen molar-refractivity contribution in [3.05, 3.63) is 122 Å². The van der Waals surface area contributed by atoms with E-state index in [1.807, 2.05) is 48.8 Å². The maximum Gasteiger partial charge on any atom is 0.100 e. The predicted molar refractivity (Wildman–Crippen MR) is 184 cm³/mol. The normalized spacial score (nSPS) is 11.5. The molecule has 212 valence electrons. The Bertz CT molecular complexity index is 1700. The van der Waals surface area contributed by atoms with E-state index in [-0.39, 0.29) is 10.8 Å².